The van der Waals surface area contributed by atoms with Gasteiger partial charge in [-0.25, -0.2) is 4.98 Å². The summed E-state index contributed by atoms with van der Waals surface area (Å²) in [6, 6.07) is 19.6. The second-order valence-electron chi connectivity index (χ2n) is 6.03. The third kappa shape index (κ3) is 3.34. The number of likely N-dealkylation sites (N-methyl/N-ethyl adjacent to an activating group) is 1. The number of rotatable bonds is 4. The molecule has 4 aromatic rings. The Morgan fingerprint density at radius 1 is 1.08 bits per heavy atom. The van der Waals surface area contributed by atoms with Crippen molar-refractivity contribution in [2.75, 3.05) is 11.9 Å². The summed E-state index contributed by atoms with van der Waals surface area (Å²) in [5.41, 5.74) is 3.85. The summed E-state index contributed by atoms with van der Waals surface area (Å²) in [7, 11) is 1.81. The van der Waals surface area contributed by atoms with Gasteiger partial charge in [-0.3, -0.25) is 9.78 Å². The third-order valence-corrected chi connectivity index (χ3v) is 5.29. The van der Waals surface area contributed by atoms with E-state index in [0.717, 1.165) is 32.0 Å². The van der Waals surface area contributed by atoms with Crippen molar-refractivity contribution in [3.8, 4) is 10.6 Å². The Kier molecular flexibility index (Phi) is 4.46. The molecule has 0 bridgehead atoms. The number of thiazole rings is 1. The molecule has 4 rings (SSSR count). The van der Waals surface area contributed by atoms with E-state index in [1.165, 1.54) is 0 Å². The van der Waals surface area contributed by atoms with E-state index in [4.69, 9.17) is 0 Å². The summed E-state index contributed by atoms with van der Waals surface area (Å²) in [6.07, 6.45) is 3.94. The smallest absolute Gasteiger partial charge is 0.231 e. The van der Waals surface area contributed by atoms with Gasteiger partial charge in [0.2, 0.25) is 5.91 Å². The summed E-state index contributed by atoms with van der Waals surface area (Å²) in [4.78, 5) is 23.1. The molecule has 0 N–H and O–H groups in total. The number of carbonyl (C=O) groups is 1. The van der Waals surface area contributed by atoms with E-state index in [-0.39, 0.29) is 5.91 Å². The molecule has 0 aliphatic carbocycles. The average Bonchev–Trinajstić information content (AvgIpc) is 3.12. The maximum Gasteiger partial charge on any atom is 0.231 e. The van der Waals surface area contributed by atoms with Gasteiger partial charge in [-0.05, 0) is 29.8 Å². The minimum Gasteiger partial charge on any atom is -0.315 e. The molecule has 0 unspecified atom stereocenters. The molecular formula is C21H17N3OS. The van der Waals surface area contributed by atoms with Gasteiger partial charge in [0.15, 0.2) is 0 Å². The van der Waals surface area contributed by atoms with Gasteiger partial charge >= 0.3 is 0 Å². The first-order valence-electron chi connectivity index (χ1n) is 8.32. The zero-order valence-electron chi connectivity index (χ0n) is 14.3. The van der Waals surface area contributed by atoms with Crippen molar-refractivity contribution >= 4 is 33.1 Å². The lowest BCUT2D eigenvalue weighted by atomic mass is 10.1. The molecule has 0 radical (unpaired) electrons. The Balaban J connectivity index is 1.57. The number of anilines is 1. The quantitative estimate of drug-likeness (QED) is 0.536. The highest BCUT2D eigenvalue weighted by Gasteiger charge is 2.13. The maximum atomic E-state index is 12.6. The molecule has 2 heterocycles. The molecule has 26 heavy (non-hydrogen) atoms. The van der Waals surface area contributed by atoms with Crippen LogP contribution in [-0.2, 0) is 11.2 Å². The van der Waals surface area contributed by atoms with E-state index < -0.39 is 0 Å². The van der Waals surface area contributed by atoms with Crippen LogP contribution in [-0.4, -0.2) is 22.9 Å². The van der Waals surface area contributed by atoms with E-state index in [1.54, 1.807) is 22.4 Å². The highest BCUT2D eigenvalue weighted by molar-refractivity contribution is 7.21. The van der Waals surface area contributed by atoms with Crippen LogP contribution in [0.25, 0.3) is 20.8 Å². The van der Waals surface area contributed by atoms with Gasteiger partial charge in [0.1, 0.15) is 5.01 Å². The van der Waals surface area contributed by atoms with E-state index in [0.29, 0.717) is 6.42 Å². The second kappa shape index (κ2) is 7.06. The van der Waals surface area contributed by atoms with Gasteiger partial charge < -0.3 is 4.90 Å². The Bertz CT molecular complexity index is 1030. The van der Waals surface area contributed by atoms with Crippen molar-refractivity contribution in [3.05, 3.63) is 78.6 Å². The van der Waals surface area contributed by atoms with Crippen LogP contribution < -0.4 is 4.90 Å². The van der Waals surface area contributed by atoms with Crippen LogP contribution in [0.5, 0.6) is 0 Å². The molecular weight excluding hydrogens is 342 g/mol. The fourth-order valence-electron chi connectivity index (χ4n) is 2.81. The number of hydrogen-bond acceptors (Lipinski definition) is 4. The first kappa shape index (κ1) is 16.4. The number of amides is 1. The normalized spacial score (nSPS) is 10.8. The molecule has 0 aliphatic heterocycles. The molecule has 2 aromatic heterocycles. The average molecular weight is 359 g/mol. The molecule has 1 amide bonds. The number of aromatic nitrogens is 2. The lowest BCUT2D eigenvalue weighted by Crippen LogP contribution is -2.27. The lowest BCUT2D eigenvalue weighted by Gasteiger charge is -2.17. The Morgan fingerprint density at radius 2 is 1.92 bits per heavy atom. The van der Waals surface area contributed by atoms with Crippen LogP contribution in [0.4, 0.5) is 5.69 Å². The number of carbonyl (C=O) groups excluding carboxylic acids is 1. The molecule has 0 fully saturated rings. The van der Waals surface area contributed by atoms with Gasteiger partial charge in [0.25, 0.3) is 0 Å². The lowest BCUT2D eigenvalue weighted by molar-refractivity contribution is -0.117. The molecule has 128 valence electrons. The van der Waals surface area contributed by atoms with Gasteiger partial charge in [-0.2, -0.15) is 0 Å². The van der Waals surface area contributed by atoms with Crippen LogP contribution in [0.2, 0.25) is 0 Å². The minimum absolute atomic E-state index is 0.0573. The van der Waals surface area contributed by atoms with E-state index in [2.05, 4.69) is 9.97 Å². The summed E-state index contributed by atoms with van der Waals surface area (Å²) in [5.74, 6) is 0.0573. The predicted octanol–water partition coefficient (Wildman–Crippen LogP) is 4.56. The third-order valence-electron chi connectivity index (χ3n) is 4.24. The summed E-state index contributed by atoms with van der Waals surface area (Å²) < 4.78 is 1.06. The van der Waals surface area contributed by atoms with Crippen LogP contribution in [0.3, 0.4) is 0 Å². The first-order valence-corrected chi connectivity index (χ1v) is 9.14. The number of benzene rings is 2. The summed E-state index contributed by atoms with van der Waals surface area (Å²) in [6.45, 7) is 0. The Morgan fingerprint density at radius 3 is 2.73 bits per heavy atom. The van der Waals surface area contributed by atoms with Crippen molar-refractivity contribution in [1.82, 2.24) is 9.97 Å². The highest BCUT2D eigenvalue weighted by Crippen LogP contribution is 2.30. The van der Waals surface area contributed by atoms with Crippen LogP contribution >= 0.6 is 11.3 Å². The minimum atomic E-state index is 0.0573. The number of para-hydroxylation sites is 1. The first-order chi connectivity index (χ1) is 12.7. The molecule has 2 aromatic carbocycles. The summed E-state index contributed by atoms with van der Waals surface area (Å²) in [5, 5.41) is 0.943. The largest absolute Gasteiger partial charge is 0.315 e. The molecule has 4 nitrogen and oxygen atoms in total. The van der Waals surface area contributed by atoms with Crippen molar-refractivity contribution in [2.45, 2.75) is 6.42 Å². The molecule has 0 spiro atoms. The van der Waals surface area contributed by atoms with Crippen molar-refractivity contribution in [1.29, 1.82) is 0 Å². The number of fused-ring (bicyclic) bond motifs is 1. The van der Waals surface area contributed by atoms with Crippen molar-refractivity contribution in [2.24, 2.45) is 0 Å². The maximum absolute atomic E-state index is 12.6. The highest BCUT2D eigenvalue weighted by atomic mass is 32.1. The van der Waals surface area contributed by atoms with Crippen LogP contribution in [0, 0.1) is 0 Å². The van der Waals surface area contributed by atoms with Crippen molar-refractivity contribution in [3.63, 3.8) is 0 Å². The Labute approximate surface area is 155 Å². The second-order valence-corrected chi connectivity index (χ2v) is 7.06. The van der Waals surface area contributed by atoms with Gasteiger partial charge in [0.05, 0.1) is 16.6 Å². The van der Waals surface area contributed by atoms with E-state index in [9.17, 15) is 4.79 Å². The monoisotopic (exact) mass is 359 g/mol. The fraction of sp³-hybridized carbons (Fsp3) is 0.0952. The topological polar surface area (TPSA) is 46.1 Å². The number of nitrogens with zero attached hydrogens (tertiary/aromatic N) is 3. The standard InChI is InChI=1S/C21H17N3OS/c1-24(17-8-3-2-4-9-17)20(25)13-15-6-5-7-16(12-15)21-23-18-10-11-22-14-19(18)26-21/h2-12,14H,13H2,1H3. The van der Waals surface area contributed by atoms with Crippen LogP contribution in [0.15, 0.2) is 73.1 Å². The molecule has 5 heteroatoms. The van der Waals surface area contributed by atoms with Gasteiger partial charge in [-0.1, -0.05) is 36.4 Å². The van der Waals surface area contributed by atoms with E-state index in [1.807, 2.05) is 73.9 Å². The van der Waals surface area contributed by atoms with Gasteiger partial charge in [0, 0.05) is 30.7 Å². The summed E-state index contributed by atoms with van der Waals surface area (Å²) >= 11 is 1.61. The molecule has 0 atom stereocenters. The van der Waals surface area contributed by atoms with Gasteiger partial charge in [-0.15, -0.1) is 11.3 Å². The Hall–Kier alpha value is -3.05. The SMILES string of the molecule is CN(C(=O)Cc1cccc(-c2nc3ccncc3s2)c1)c1ccccc1. The van der Waals surface area contributed by atoms with Crippen molar-refractivity contribution < 1.29 is 4.79 Å². The molecule has 0 aliphatic rings. The zero-order valence-corrected chi connectivity index (χ0v) is 15.1. The predicted molar refractivity (Wildman–Crippen MR) is 106 cm³/mol. The number of pyridine rings is 1. The molecule has 0 saturated heterocycles. The molecule has 0 saturated carbocycles. The number of hydrogen-bond donors (Lipinski definition) is 0. The zero-order chi connectivity index (χ0) is 17.9. The van der Waals surface area contributed by atoms with Crippen LogP contribution in [0.1, 0.15) is 5.56 Å². The van der Waals surface area contributed by atoms with E-state index >= 15 is 0 Å². The fourth-order valence-corrected chi connectivity index (χ4v) is 3.74.